The Kier molecular flexibility index (Phi) is 2.94. The molecule has 2 aliphatic heterocycles. The first kappa shape index (κ1) is 12.1. The molecule has 0 atom stereocenters. The Bertz CT molecular complexity index is 375. The number of rotatable bonds is 0. The van der Waals surface area contributed by atoms with Crippen LogP contribution in [0.25, 0.3) is 0 Å². The van der Waals surface area contributed by atoms with Crippen molar-refractivity contribution in [3.63, 3.8) is 0 Å². The molecule has 2 saturated heterocycles. The summed E-state index contributed by atoms with van der Waals surface area (Å²) in [5.74, 6) is -0.0700. The van der Waals surface area contributed by atoms with Crippen LogP contribution in [-0.4, -0.2) is 59.6 Å². The molecule has 0 aliphatic carbocycles. The zero-order valence-electron chi connectivity index (χ0n) is 9.95. The third-order valence-corrected chi connectivity index (χ3v) is 3.49. The van der Waals surface area contributed by atoms with Crippen molar-refractivity contribution >= 4 is 29.3 Å². The van der Waals surface area contributed by atoms with Crippen molar-refractivity contribution in [2.75, 3.05) is 27.2 Å². The summed E-state index contributed by atoms with van der Waals surface area (Å²) in [4.78, 5) is 26.8. The smallest absolute Gasteiger partial charge is 0.319 e. The van der Waals surface area contributed by atoms with Gasteiger partial charge in [-0.3, -0.25) is 4.79 Å². The molecule has 2 N–H and O–H groups in total. The highest BCUT2D eigenvalue weighted by Gasteiger charge is 2.47. The standard InChI is InChI=1S/C10H16N4O2S/c1-13(2)9(16)14-5-3-10(4-6-14)7(15)11-8(17)12-10/h3-6H2,1-2H3,(H2,11,12,15,17). The maximum absolute atomic E-state index is 11.8. The summed E-state index contributed by atoms with van der Waals surface area (Å²) in [6.07, 6.45) is 1.19. The third-order valence-electron chi connectivity index (χ3n) is 3.28. The van der Waals surface area contributed by atoms with E-state index < -0.39 is 5.54 Å². The minimum atomic E-state index is -0.597. The summed E-state index contributed by atoms with van der Waals surface area (Å²) in [5.41, 5.74) is -0.597. The quantitative estimate of drug-likeness (QED) is 0.574. The van der Waals surface area contributed by atoms with Crippen molar-refractivity contribution < 1.29 is 9.59 Å². The van der Waals surface area contributed by atoms with Crippen molar-refractivity contribution in [3.8, 4) is 0 Å². The molecule has 94 valence electrons. The highest BCUT2D eigenvalue weighted by Crippen LogP contribution is 2.25. The molecule has 1 spiro atoms. The lowest BCUT2D eigenvalue weighted by Crippen LogP contribution is -2.56. The van der Waals surface area contributed by atoms with E-state index in [-0.39, 0.29) is 11.9 Å². The van der Waals surface area contributed by atoms with E-state index in [0.717, 1.165) is 0 Å². The van der Waals surface area contributed by atoms with E-state index in [0.29, 0.717) is 31.0 Å². The summed E-state index contributed by atoms with van der Waals surface area (Å²) >= 11 is 4.94. The second kappa shape index (κ2) is 4.14. The lowest BCUT2D eigenvalue weighted by Gasteiger charge is -2.38. The Hall–Kier alpha value is -1.37. The number of nitrogens with one attached hydrogen (secondary N) is 2. The van der Waals surface area contributed by atoms with Crippen LogP contribution >= 0.6 is 12.2 Å². The van der Waals surface area contributed by atoms with Crippen molar-refractivity contribution in [1.29, 1.82) is 0 Å². The Balaban J connectivity index is 2.01. The van der Waals surface area contributed by atoms with Crippen molar-refractivity contribution in [1.82, 2.24) is 20.4 Å². The van der Waals surface area contributed by atoms with Gasteiger partial charge in [-0.2, -0.15) is 0 Å². The van der Waals surface area contributed by atoms with E-state index in [9.17, 15) is 9.59 Å². The summed E-state index contributed by atoms with van der Waals surface area (Å²) in [5, 5.41) is 6.03. The van der Waals surface area contributed by atoms with Gasteiger partial charge in [0.05, 0.1) is 0 Å². The second-order valence-corrected chi connectivity index (χ2v) is 5.06. The molecule has 0 saturated carbocycles. The van der Waals surface area contributed by atoms with E-state index >= 15 is 0 Å². The van der Waals surface area contributed by atoms with Crippen LogP contribution in [0, 0.1) is 0 Å². The Morgan fingerprint density at radius 1 is 1.41 bits per heavy atom. The largest absolute Gasteiger partial charge is 0.348 e. The molecule has 6 nitrogen and oxygen atoms in total. The van der Waals surface area contributed by atoms with Gasteiger partial charge >= 0.3 is 6.03 Å². The molecule has 0 unspecified atom stereocenters. The molecule has 17 heavy (non-hydrogen) atoms. The van der Waals surface area contributed by atoms with Crippen molar-refractivity contribution in [2.24, 2.45) is 0 Å². The van der Waals surface area contributed by atoms with E-state index in [2.05, 4.69) is 10.6 Å². The number of piperidine rings is 1. The fourth-order valence-corrected chi connectivity index (χ4v) is 2.53. The minimum absolute atomic E-state index is 0.0131. The summed E-state index contributed by atoms with van der Waals surface area (Å²) < 4.78 is 0. The van der Waals surface area contributed by atoms with Gasteiger partial charge in [-0.1, -0.05) is 0 Å². The van der Waals surface area contributed by atoms with Crippen LogP contribution in [0.15, 0.2) is 0 Å². The number of nitrogens with zero attached hydrogens (tertiary/aromatic N) is 2. The third kappa shape index (κ3) is 2.06. The number of carbonyl (C=O) groups excluding carboxylic acids is 2. The molecule has 2 aliphatic rings. The number of likely N-dealkylation sites (tertiary alicyclic amines) is 1. The lowest BCUT2D eigenvalue weighted by atomic mass is 9.88. The Morgan fingerprint density at radius 2 is 2.00 bits per heavy atom. The SMILES string of the molecule is CN(C)C(=O)N1CCC2(CC1)NC(=S)NC2=O. The molecule has 2 rings (SSSR count). The Morgan fingerprint density at radius 3 is 2.41 bits per heavy atom. The van der Waals surface area contributed by atoms with Crippen LogP contribution in [0.2, 0.25) is 0 Å². The van der Waals surface area contributed by atoms with Crippen LogP contribution in [0.3, 0.4) is 0 Å². The van der Waals surface area contributed by atoms with Crippen LogP contribution in [-0.2, 0) is 4.79 Å². The molecule has 0 aromatic heterocycles. The van der Waals surface area contributed by atoms with E-state index in [4.69, 9.17) is 12.2 Å². The minimum Gasteiger partial charge on any atom is -0.348 e. The molecule has 3 amide bonds. The molecular weight excluding hydrogens is 240 g/mol. The van der Waals surface area contributed by atoms with Crippen LogP contribution in [0.5, 0.6) is 0 Å². The number of hydrogen-bond donors (Lipinski definition) is 2. The van der Waals surface area contributed by atoms with Crippen molar-refractivity contribution in [3.05, 3.63) is 0 Å². The fourth-order valence-electron chi connectivity index (χ4n) is 2.24. The summed E-state index contributed by atoms with van der Waals surface area (Å²) in [7, 11) is 3.45. The van der Waals surface area contributed by atoms with Gasteiger partial charge in [0.25, 0.3) is 5.91 Å². The maximum atomic E-state index is 11.8. The first-order valence-corrected chi connectivity index (χ1v) is 5.95. The molecule has 7 heteroatoms. The average Bonchev–Trinajstić information content (AvgIpc) is 2.54. The van der Waals surface area contributed by atoms with E-state index in [1.807, 2.05) is 0 Å². The Labute approximate surface area is 105 Å². The molecule has 0 radical (unpaired) electrons. The van der Waals surface area contributed by atoms with Crippen LogP contribution in [0.1, 0.15) is 12.8 Å². The second-order valence-electron chi connectivity index (χ2n) is 4.65. The maximum Gasteiger partial charge on any atom is 0.319 e. The highest BCUT2D eigenvalue weighted by molar-refractivity contribution is 7.80. The number of hydrogen-bond acceptors (Lipinski definition) is 3. The van der Waals surface area contributed by atoms with Gasteiger partial charge in [0.2, 0.25) is 0 Å². The number of urea groups is 1. The van der Waals surface area contributed by atoms with Gasteiger partial charge in [-0.25, -0.2) is 4.79 Å². The molecule has 0 aromatic rings. The van der Waals surface area contributed by atoms with Crippen LogP contribution in [0.4, 0.5) is 4.79 Å². The molecule has 2 heterocycles. The van der Waals surface area contributed by atoms with Gasteiger partial charge < -0.3 is 20.4 Å². The van der Waals surface area contributed by atoms with Gasteiger partial charge in [0.15, 0.2) is 5.11 Å². The van der Waals surface area contributed by atoms with Crippen LogP contribution < -0.4 is 10.6 Å². The zero-order chi connectivity index (χ0) is 12.6. The lowest BCUT2D eigenvalue weighted by molar-refractivity contribution is -0.125. The number of amides is 3. The van der Waals surface area contributed by atoms with E-state index in [1.165, 1.54) is 0 Å². The first-order chi connectivity index (χ1) is 7.94. The van der Waals surface area contributed by atoms with Gasteiger partial charge in [0, 0.05) is 27.2 Å². The predicted octanol–water partition coefficient (Wildman–Crippen LogP) is -0.493. The van der Waals surface area contributed by atoms with Crippen molar-refractivity contribution in [2.45, 2.75) is 18.4 Å². The average molecular weight is 256 g/mol. The van der Waals surface area contributed by atoms with Gasteiger partial charge in [-0.15, -0.1) is 0 Å². The first-order valence-electron chi connectivity index (χ1n) is 5.54. The highest BCUT2D eigenvalue weighted by atomic mass is 32.1. The summed E-state index contributed by atoms with van der Waals surface area (Å²) in [6, 6.07) is -0.0131. The summed E-state index contributed by atoms with van der Waals surface area (Å²) in [6.45, 7) is 1.14. The number of carbonyl (C=O) groups is 2. The molecular formula is C10H16N4O2S. The predicted molar refractivity (Wildman–Crippen MR) is 66.5 cm³/mol. The van der Waals surface area contributed by atoms with E-state index in [1.54, 1.807) is 23.9 Å². The fraction of sp³-hybridized carbons (Fsp3) is 0.700. The molecule has 0 bridgehead atoms. The number of thiocarbonyl (C=S) groups is 1. The molecule has 2 fully saturated rings. The monoisotopic (exact) mass is 256 g/mol. The van der Waals surface area contributed by atoms with Gasteiger partial charge in [0.1, 0.15) is 5.54 Å². The molecule has 0 aromatic carbocycles. The van der Waals surface area contributed by atoms with Gasteiger partial charge in [-0.05, 0) is 25.1 Å². The zero-order valence-corrected chi connectivity index (χ0v) is 10.8. The normalized spacial score (nSPS) is 22.4. The topological polar surface area (TPSA) is 64.7 Å².